The molecule has 1 amide bonds. The highest BCUT2D eigenvalue weighted by Gasteiger charge is 2.17. The van der Waals surface area contributed by atoms with Gasteiger partial charge in [-0.1, -0.05) is 6.92 Å². The van der Waals surface area contributed by atoms with Crippen molar-refractivity contribution in [1.29, 1.82) is 0 Å². The second-order valence-corrected chi connectivity index (χ2v) is 2.32. The van der Waals surface area contributed by atoms with Crippen molar-refractivity contribution in [2.75, 3.05) is 6.61 Å². The minimum Gasteiger partial charge on any atom is -0.480 e. The molecule has 0 aliphatic carbocycles. The summed E-state index contributed by atoms with van der Waals surface area (Å²) in [6, 6.07) is -0.970. The van der Waals surface area contributed by atoms with Crippen LogP contribution >= 0.6 is 0 Å². The number of carboxylic acid groups (broad SMARTS) is 1. The summed E-state index contributed by atoms with van der Waals surface area (Å²) in [6.45, 7) is 1.38. The summed E-state index contributed by atoms with van der Waals surface area (Å²) >= 11 is 0. The second kappa shape index (κ2) is 5.54. The summed E-state index contributed by atoms with van der Waals surface area (Å²) in [7, 11) is 0. The third-order valence-corrected chi connectivity index (χ3v) is 1.37. The van der Waals surface area contributed by atoms with Gasteiger partial charge in [0.2, 0.25) is 5.91 Å². The number of aliphatic carboxylic acids is 1. The van der Waals surface area contributed by atoms with E-state index in [0.29, 0.717) is 0 Å². The van der Waals surface area contributed by atoms with Crippen LogP contribution in [0, 0.1) is 0 Å². The monoisotopic (exact) mass is 175 g/mol. The molecule has 0 heterocycles. The van der Waals surface area contributed by atoms with E-state index >= 15 is 0 Å². The van der Waals surface area contributed by atoms with Crippen LogP contribution in [0.4, 0.5) is 0 Å². The van der Waals surface area contributed by atoms with Gasteiger partial charge in [-0.3, -0.25) is 4.79 Å². The van der Waals surface area contributed by atoms with Crippen molar-refractivity contribution in [1.82, 2.24) is 5.32 Å². The first-order valence-corrected chi connectivity index (χ1v) is 3.74. The average Bonchev–Trinajstić information content (AvgIpc) is 2.03. The number of rotatable bonds is 5. The highest BCUT2D eigenvalue weighted by atomic mass is 16.4. The van der Waals surface area contributed by atoms with E-state index in [1.54, 1.807) is 6.92 Å². The molecule has 0 saturated heterocycles. The number of hydrogen-bond acceptors (Lipinski definition) is 3. The second-order valence-electron chi connectivity index (χ2n) is 2.32. The molecule has 1 unspecified atom stereocenters. The third kappa shape index (κ3) is 3.92. The molecule has 0 aromatic heterocycles. The third-order valence-electron chi connectivity index (χ3n) is 1.37. The zero-order valence-corrected chi connectivity index (χ0v) is 6.91. The normalized spacial score (nSPS) is 12.2. The van der Waals surface area contributed by atoms with Gasteiger partial charge in [-0.15, -0.1) is 0 Å². The van der Waals surface area contributed by atoms with Crippen molar-refractivity contribution in [3.63, 3.8) is 0 Å². The summed E-state index contributed by atoms with van der Waals surface area (Å²) in [5.74, 6) is -1.44. The van der Waals surface area contributed by atoms with Gasteiger partial charge in [0.1, 0.15) is 6.04 Å². The zero-order chi connectivity index (χ0) is 9.56. The van der Waals surface area contributed by atoms with Gasteiger partial charge in [0, 0.05) is 19.4 Å². The Hall–Kier alpha value is -1.10. The van der Waals surface area contributed by atoms with Crippen molar-refractivity contribution in [2.45, 2.75) is 25.8 Å². The maximum Gasteiger partial charge on any atom is 0.326 e. The van der Waals surface area contributed by atoms with Gasteiger partial charge in [-0.25, -0.2) is 4.79 Å². The molecule has 0 spiro atoms. The van der Waals surface area contributed by atoms with Crippen LogP contribution in [0.15, 0.2) is 0 Å². The van der Waals surface area contributed by atoms with Crippen LogP contribution in [0.2, 0.25) is 0 Å². The molecular formula is C7H13NO4. The predicted octanol–water partition coefficient (Wildman–Crippen LogP) is -0.652. The van der Waals surface area contributed by atoms with E-state index < -0.39 is 12.0 Å². The molecule has 12 heavy (non-hydrogen) atoms. The van der Waals surface area contributed by atoms with Gasteiger partial charge < -0.3 is 15.5 Å². The van der Waals surface area contributed by atoms with Crippen LogP contribution in [0.25, 0.3) is 0 Å². The Bertz CT molecular complexity index is 167. The number of aliphatic hydroxyl groups excluding tert-OH is 1. The smallest absolute Gasteiger partial charge is 0.326 e. The van der Waals surface area contributed by atoms with Crippen molar-refractivity contribution >= 4 is 11.9 Å². The van der Waals surface area contributed by atoms with Crippen LogP contribution in [0.3, 0.4) is 0 Å². The molecule has 0 aliphatic rings. The molecule has 5 heteroatoms. The van der Waals surface area contributed by atoms with E-state index in [0.717, 1.165) is 0 Å². The molecule has 0 aromatic rings. The van der Waals surface area contributed by atoms with Crippen molar-refractivity contribution < 1.29 is 19.8 Å². The number of amides is 1. The van der Waals surface area contributed by atoms with Crippen molar-refractivity contribution in [3.8, 4) is 0 Å². The first kappa shape index (κ1) is 10.9. The largest absolute Gasteiger partial charge is 0.480 e. The number of carbonyl (C=O) groups excluding carboxylic acids is 1. The van der Waals surface area contributed by atoms with E-state index in [1.165, 1.54) is 0 Å². The molecule has 1 atom stereocenters. The number of hydrogen-bond donors (Lipinski definition) is 3. The Morgan fingerprint density at radius 1 is 1.50 bits per heavy atom. The van der Waals surface area contributed by atoms with Crippen molar-refractivity contribution in [2.24, 2.45) is 0 Å². The van der Waals surface area contributed by atoms with Gasteiger partial charge in [-0.2, -0.15) is 0 Å². The molecule has 3 N–H and O–H groups in total. The predicted molar refractivity (Wildman–Crippen MR) is 41.6 cm³/mol. The fourth-order valence-corrected chi connectivity index (χ4v) is 0.683. The lowest BCUT2D eigenvalue weighted by molar-refractivity contribution is -0.142. The average molecular weight is 175 g/mol. The lowest BCUT2D eigenvalue weighted by atomic mass is 10.2. The first-order valence-electron chi connectivity index (χ1n) is 3.74. The van der Waals surface area contributed by atoms with Gasteiger partial charge in [0.25, 0.3) is 0 Å². The summed E-state index contributed by atoms with van der Waals surface area (Å²) in [5.41, 5.74) is 0. The number of nitrogens with one attached hydrogen (secondary N) is 1. The zero-order valence-electron chi connectivity index (χ0n) is 6.91. The highest BCUT2D eigenvalue weighted by molar-refractivity contribution is 5.83. The van der Waals surface area contributed by atoms with Crippen molar-refractivity contribution in [3.05, 3.63) is 0 Å². The molecule has 0 bridgehead atoms. The lowest BCUT2D eigenvalue weighted by Crippen LogP contribution is -2.41. The van der Waals surface area contributed by atoms with Gasteiger partial charge >= 0.3 is 5.97 Å². The quantitative estimate of drug-likeness (QED) is 0.518. The molecule has 5 nitrogen and oxygen atoms in total. The maximum atomic E-state index is 10.7. The van der Waals surface area contributed by atoms with Gasteiger partial charge in [0.05, 0.1) is 0 Å². The summed E-state index contributed by atoms with van der Waals surface area (Å²) in [4.78, 5) is 21.2. The first-order chi connectivity index (χ1) is 5.61. The lowest BCUT2D eigenvalue weighted by Gasteiger charge is -2.11. The van der Waals surface area contributed by atoms with Crippen LogP contribution in [0.5, 0.6) is 0 Å². The Morgan fingerprint density at radius 2 is 2.08 bits per heavy atom. The van der Waals surface area contributed by atoms with Crippen LogP contribution in [-0.2, 0) is 9.59 Å². The number of carbonyl (C=O) groups is 2. The van der Waals surface area contributed by atoms with Crippen LogP contribution < -0.4 is 5.32 Å². The Labute approximate surface area is 70.4 Å². The molecule has 0 saturated carbocycles. The molecule has 0 aliphatic heterocycles. The minimum atomic E-state index is -1.12. The maximum absolute atomic E-state index is 10.7. The van der Waals surface area contributed by atoms with E-state index in [4.69, 9.17) is 10.2 Å². The molecule has 0 fully saturated rings. The van der Waals surface area contributed by atoms with Gasteiger partial charge in [-0.05, 0) is 0 Å². The van der Waals surface area contributed by atoms with Gasteiger partial charge in [0.15, 0.2) is 0 Å². The number of carboxylic acids is 1. The molecule has 0 rings (SSSR count). The number of aliphatic hydroxyl groups is 1. The minimum absolute atomic E-state index is 0.0427. The fourth-order valence-electron chi connectivity index (χ4n) is 0.683. The van der Waals surface area contributed by atoms with Crippen LogP contribution in [-0.4, -0.2) is 34.7 Å². The molecule has 70 valence electrons. The SMILES string of the molecule is CCC(=O)NC(CCO)C(=O)O. The topological polar surface area (TPSA) is 86.6 Å². The Balaban J connectivity index is 3.95. The summed E-state index contributed by atoms with van der Waals surface area (Å²) in [6.07, 6.45) is 0.288. The summed E-state index contributed by atoms with van der Waals surface area (Å²) in [5, 5.41) is 19.2. The van der Waals surface area contributed by atoms with E-state index in [-0.39, 0.29) is 25.4 Å². The summed E-state index contributed by atoms with van der Waals surface area (Å²) < 4.78 is 0. The van der Waals surface area contributed by atoms with E-state index in [9.17, 15) is 9.59 Å². The van der Waals surface area contributed by atoms with E-state index in [1.807, 2.05) is 0 Å². The molecule has 0 aromatic carbocycles. The standard InChI is InChI=1S/C7H13NO4/c1-2-6(10)8-5(3-4-9)7(11)12/h5,9H,2-4H2,1H3,(H,8,10)(H,11,12). The highest BCUT2D eigenvalue weighted by Crippen LogP contribution is 1.92. The van der Waals surface area contributed by atoms with Crippen LogP contribution in [0.1, 0.15) is 19.8 Å². The Morgan fingerprint density at radius 3 is 2.42 bits per heavy atom. The molecular weight excluding hydrogens is 162 g/mol. The van der Waals surface area contributed by atoms with E-state index in [2.05, 4.69) is 5.32 Å². The Kier molecular flexibility index (Phi) is 5.03. The fraction of sp³-hybridized carbons (Fsp3) is 0.714. The molecule has 0 radical (unpaired) electrons.